The van der Waals surface area contributed by atoms with Crippen molar-refractivity contribution in [3.05, 3.63) is 52.8 Å². The van der Waals surface area contributed by atoms with E-state index in [0.717, 1.165) is 42.5 Å². The van der Waals surface area contributed by atoms with E-state index in [1.165, 1.54) is 0 Å². The summed E-state index contributed by atoms with van der Waals surface area (Å²) in [6.07, 6.45) is 5.78. The second kappa shape index (κ2) is 5.69. The van der Waals surface area contributed by atoms with E-state index in [1.54, 1.807) is 6.21 Å². The summed E-state index contributed by atoms with van der Waals surface area (Å²) < 4.78 is 0. The zero-order chi connectivity index (χ0) is 13.8. The minimum atomic E-state index is -0.253. The van der Waals surface area contributed by atoms with Gasteiger partial charge in [-0.2, -0.15) is 10.2 Å². The van der Waals surface area contributed by atoms with Crippen LogP contribution in [0.4, 0.5) is 0 Å². The summed E-state index contributed by atoms with van der Waals surface area (Å²) in [5.74, 6) is -0.253. The molecule has 1 heterocycles. The Morgan fingerprint density at radius 2 is 2.05 bits per heavy atom. The van der Waals surface area contributed by atoms with Crippen LogP contribution >= 0.6 is 0 Å². The Balaban J connectivity index is 1.68. The van der Waals surface area contributed by atoms with E-state index >= 15 is 0 Å². The number of amides is 1. The van der Waals surface area contributed by atoms with E-state index in [-0.39, 0.29) is 5.91 Å². The maximum Gasteiger partial charge on any atom is 0.292 e. The van der Waals surface area contributed by atoms with Gasteiger partial charge in [0, 0.05) is 11.3 Å². The summed E-state index contributed by atoms with van der Waals surface area (Å²) in [6, 6.07) is 9.63. The van der Waals surface area contributed by atoms with Crippen LogP contribution in [0.5, 0.6) is 0 Å². The van der Waals surface area contributed by atoms with Crippen molar-refractivity contribution < 1.29 is 4.79 Å². The molecule has 0 atom stereocenters. The first kappa shape index (κ1) is 12.6. The quantitative estimate of drug-likeness (QED) is 0.660. The van der Waals surface area contributed by atoms with E-state index in [4.69, 9.17) is 0 Å². The molecule has 1 aliphatic carbocycles. The molecule has 0 aliphatic heterocycles. The fraction of sp³-hybridized carbons (Fsp3) is 0.267. The van der Waals surface area contributed by atoms with Crippen LogP contribution in [0.15, 0.2) is 35.4 Å². The number of hydrogen-bond acceptors (Lipinski definition) is 3. The average molecular weight is 268 g/mol. The molecule has 2 N–H and O–H groups in total. The molecule has 20 heavy (non-hydrogen) atoms. The third kappa shape index (κ3) is 2.61. The number of aryl methyl sites for hydroxylation is 1. The summed E-state index contributed by atoms with van der Waals surface area (Å²) in [5.41, 5.74) is 6.09. The molecule has 2 aromatic rings. The lowest BCUT2D eigenvalue weighted by molar-refractivity contribution is 0.0949. The number of carbonyl (C=O) groups is 1. The lowest BCUT2D eigenvalue weighted by Gasteiger charge is -2.10. The summed E-state index contributed by atoms with van der Waals surface area (Å²) >= 11 is 0. The Hall–Kier alpha value is -2.43. The second-order valence-corrected chi connectivity index (χ2v) is 4.85. The van der Waals surface area contributed by atoms with Gasteiger partial charge in [-0.15, -0.1) is 0 Å². The number of hydrogen-bond donors (Lipinski definition) is 2. The summed E-state index contributed by atoms with van der Waals surface area (Å²) in [4.78, 5) is 12.1. The van der Waals surface area contributed by atoms with Crippen LogP contribution in [-0.2, 0) is 12.8 Å². The molecule has 1 amide bonds. The monoisotopic (exact) mass is 268 g/mol. The van der Waals surface area contributed by atoms with Gasteiger partial charge in [0.05, 0.1) is 6.21 Å². The number of rotatable bonds is 3. The van der Waals surface area contributed by atoms with Crippen LogP contribution in [0.3, 0.4) is 0 Å². The van der Waals surface area contributed by atoms with Crippen molar-refractivity contribution in [2.75, 3.05) is 0 Å². The number of aromatic amines is 1. The van der Waals surface area contributed by atoms with Crippen molar-refractivity contribution in [1.82, 2.24) is 15.6 Å². The molecule has 3 rings (SSSR count). The van der Waals surface area contributed by atoms with Gasteiger partial charge in [0.15, 0.2) is 5.69 Å². The van der Waals surface area contributed by atoms with Gasteiger partial charge in [-0.25, -0.2) is 5.43 Å². The van der Waals surface area contributed by atoms with Crippen LogP contribution in [0.25, 0.3) is 0 Å². The minimum Gasteiger partial charge on any atom is -0.281 e. The van der Waals surface area contributed by atoms with Crippen LogP contribution in [0, 0.1) is 0 Å². The number of H-pyrrole nitrogens is 1. The van der Waals surface area contributed by atoms with Gasteiger partial charge in [-0.3, -0.25) is 9.89 Å². The predicted molar refractivity (Wildman–Crippen MR) is 76.7 cm³/mol. The molecule has 5 heteroatoms. The highest BCUT2D eigenvalue weighted by Crippen LogP contribution is 2.21. The fourth-order valence-corrected chi connectivity index (χ4v) is 2.43. The first-order valence-electron chi connectivity index (χ1n) is 6.79. The molecule has 0 fully saturated rings. The molecule has 1 aromatic heterocycles. The number of benzene rings is 1. The number of carbonyl (C=O) groups excluding carboxylic acids is 1. The van der Waals surface area contributed by atoms with Gasteiger partial charge in [0.25, 0.3) is 5.91 Å². The molecule has 0 saturated carbocycles. The maximum absolute atomic E-state index is 12.1. The highest BCUT2D eigenvalue weighted by atomic mass is 16.2. The van der Waals surface area contributed by atoms with E-state index in [2.05, 4.69) is 20.7 Å². The number of nitrogens with one attached hydrogen (secondary N) is 2. The number of hydrazone groups is 1. The summed E-state index contributed by atoms with van der Waals surface area (Å²) in [6.45, 7) is 0. The van der Waals surface area contributed by atoms with Crippen molar-refractivity contribution in [2.45, 2.75) is 25.7 Å². The zero-order valence-electron chi connectivity index (χ0n) is 11.1. The van der Waals surface area contributed by atoms with Crippen LogP contribution in [-0.4, -0.2) is 22.3 Å². The maximum atomic E-state index is 12.1. The molecule has 102 valence electrons. The lowest BCUT2D eigenvalue weighted by Crippen LogP contribution is -2.20. The van der Waals surface area contributed by atoms with Gasteiger partial charge >= 0.3 is 0 Å². The molecule has 1 aliphatic rings. The molecule has 0 saturated heterocycles. The number of nitrogens with zero attached hydrogens (tertiary/aromatic N) is 2. The smallest absolute Gasteiger partial charge is 0.281 e. The van der Waals surface area contributed by atoms with E-state index in [9.17, 15) is 4.79 Å². The fourth-order valence-electron chi connectivity index (χ4n) is 2.43. The van der Waals surface area contributed by atoms with E-state index in [0.29, 0.717) is 5.69 Å². The molecule has 0 spiro atoms. The van der Waals surface area contributed by atoms with Crippen LogP contribution < -0.4 is 5.43 Å². The minimum absolute atomic E-state index is 0.253. The Bertz CT molecular complexity index is 631. The third-order valence-electron chi connectivity index (χ3n) is 3.45. The van der Waals surface area contributed by atoms with E-state index < -0.39 is 0 Å². The second-order valence-electron chi connectivity index (χ2n) is 4.85. The highest BCUT2D eigenvalue weighted by molar-refractivity contribution is 5.94. The normalized spacial score (nSPS) is 14.2. The molecular weight excluding hydrogens is 252 g/mol. The molecule has 0 bridgehead atoms. The van der Waals surface area contributed by atoms with Crippen molar-refractivity contribution >= 4 is 12.1 Å². The number of fused-ring (bicyclic) bond motifs is 1. The lowest BCUT2D eigenvalue weighted by atomic mass is 9.96. The zero-order valence-corrected chi connectivity index (χ0v) is 11.1. The van der Waals surface area contributed by atoms with Gasteiger partial charge in [0.1, 0.15) is 0 Å². The standard InChI is InChI=1S/C15H16N4O/c20-15(19-16-10-11-6-2-1-3-7-11)14-12-8-4-5-9-13(12)17-18-14/h1-3,6-7,10H,4-5,8-9H2,(H,17,18)(H,19,20)/b16-10-. The van der Waals surface area contributed by atoms with E-state index in [1.807, 2.05) is 30.3 Å². The predicted octanol–water partition coefficient (Wildman–Crippen LogP) is 2.05. The first-order chi connectivity index (χ1) is 9.84. The largest absolute Gasteiger partial charge is 0.292 e. The SMILES string of the molecule is O=C(N/N=C\c1ccccc1)c1n[nH]c2c1CCCC2. The highest BCUT2D eigenvalue weighted by Gasteiger charge is 2.21. The Morgan fingerprint density at radius 3 is 2.90 bits per heavy atom. The molecule has 1 aromatic carbocycles. The Morgan fingerprint density at radius 1 is 1.25 bits per heavy atom. The molecular formula is C15H16N4O. The average Bonchev–Trinajstić information content (AvgIpc) is 2.92. The van der Waals surface area contributed by atoms with Crippen LogP contribution in [0.2, 0.25) is 0 Å². The van der Waals surface area contributed by atoms with Crippen molar-refractivity contribution in [3.63, 3.8) is 0 Å². The summed E-state index contributed by atoms with van der Waals surface area (Å²) in [7, 11) is 0. The van der Waals surface area contributed by atoms with Gasteiger partial charge < -0.3 is 0 Å². The Kier molecular flexibility index (Phi) is 3.58. The molecule has 0 unspecified atom stereocenters. The number of aromatic nitrogens is 2. The first-order valence-corrected chi connectivity index (χ1v) is 6.79. The van der Waals surface area contributed by atoms with Crippen molar-refractivity contribution in [2.24, 2.45) is 5.10 Å². The summed E-state index contributed by atoms with van der Waals surface area (Å²) in [5, 5.41) is 11.0. The van der Waals surface area contributed by atoms with Crippen molar-refractivity contribution in [3.8, 4) is 0 Å². The molecule has 0 radical (unpaired) electrons. The third-order valence-corrected chi connectivity index (χ3v) is 3.45. The van der Waals surface area contributed by atoms with Gasteiger partial charge in [-0.05, 0) is 31.2 Å². The molecule has 5 nitrogen and oxygen atoms in total. The van der Waals surface area contributed by atoms with Gasteiger partial charge in [-0.1, -0.05) is 30.3 Å². The van der Waals surface area contributed by atoms with Crippen LogP contribution in [0.1, 0.15) is 40.2 Å². The Labute approximate surface area is 117 Å². The van der Waals surface area contributed by atoms with Gasteiger partial charge in [0.2, 0.25) is 0 Å². The topological polar surface area (TPSA) is 70.1 Å². The van der Waals surface area contributed by atoms with Crippen molar-refractivity contribution in [1.29, 1.82) is 0 Å².